The predicted octanol–water partition coefficient (Wildman–Crippen LogP) is 3.18. The first kappa shape index (κ1) is 13.4. The molecule has 3 nitrogen and oxygen atoms in total. The summed E-state index contributed by atoms with van der Waals surface area (Å²) in [6, 6.07) is 1.98. The first-order valence-electron chi connectivity index (χ1n) is 6.00. The lowest BCUT2D eigenvalue weighted by atomic mass is 10.3. The third-order valence-electron chi connectivity index (χ3n) is 2.93. The van der Waals surface area contributed by atoms with Gasteiger partial charge in [-0.3, -0.25) is 14.6 Å². The van der Waals surface area contributed by atoms with Gasteiger partial charge < -0.3 is 0 Å². The molecule has 1 aromatic heterocycles. The number of H-pyrrole nitrogens is 1. The van der Waals surface area contributed by atoms with Gasteiger partial charge in [0.1, 0.15) is 0 Å². The van der Waals surface area contributed by atoms with Crippen LogP contribution in [0.3, 0.4) is 0 Å². The van der Waals surface area contributed by atoms with E-state index >= 15 is 0 Å². The number of thioether (sulfide) groups is 1. The molecule has 0 aliphatic heterocycles. The van der Waals surface area contributed by atoms with Crippen molar-refractivity contribution in [2.24, 2.45) is 0 Å². The Labute approximate surface area is 102 Å². The molecule has 0 aliphatic carbocycles. The Morgan fingerprint density at radius 1 is 1.38 bits per heavy atom. The van der Waals surface area contributed by atoms with E-state index in [1.807, 2.05) is 11.8 Å². The lowest BCUT2D eigenvalue weighted by molar-refractivity contribution is 0.463. The first-order valence-corrected chi connectivity index (χ1v) is 7.05. The fourth-order valence-electron chi connectivity index (χ4n) is 1.39. The van der Waals surface area contributed by atoms with Gasteiger partial charge in [-0.2, -0.15) is 11.8 Å². The molecule has 1 rings (SSSR count). The molecule has 0 saturated carbocycles. The van der Waals surface area contributed by atoms with Crippen LogP contribution in [-0.2, 0) is 5.75 Å². The van der Waals surface area contributed by atoms with Gasteiger partial charge >= 0.3 is 0 Å². The van der Waals surface area contributed by atoms with E-state index in [2.05, 4.69) is 32.8 Å². The van der Waals surface area contributed by atoms with Crippen LogP contribution in [0.2, 0.25) is 0 Å². The van der Waals surface area contributed by atoms with Crippen molar-refractivity contribution < 1.29 is 0 Å². The van der Waals surface area contributed by atoms with Crippen molar-refractivity contribution in [1.29, 1.82) is 0 Å². The van der Waals surface area contributed by atoms with E-state index in [0.29, 0.717) is 5.25 Å². The van der Waals surface area contributed by atoms with Crippen molar-refractivity contribution in [1.82, 2.24) is 9.78 Å². The van der Waals surface area contributed by atoms with Crippen LogP contribution >= 0.6 is 11.8 Å². The second kappa shape index (κ2) is 6.18. The van der Waals surface area contributed by atoms with Crippen LogP contribution in [0.4, 0.5) is 0 Å². The molecule has 0 aromatic carbocycles. The van der Waals surface area contributed by atoms with E-state index in [0.717, 1.165) is 17.9 Å². The molecular weight excluding hydrogens is 220 g/mol. The fraction of sp³-hybridized carbons (Fsp3) is 0.750. The monoisotopic (exact) mass is 242 g/mol. The Morgan fingerprint density at radius 2 is 2.06 bits per heavy atom. The zero-order valence-corrected chi connectivity index (χ0v) is 11.4. The minimum absolute atomic E-state index is 0.0918. The van der Waals surface area contributed by atoms with Crippen molar-refractivity contribution in [3.05, 3.63) is 22.1 Å². The topological polar surface area (TPSA) is 37.8 Å². The predicted molar refractivity (Wildman–Crippen MR) is 71.1 cm³/mol. The average molecular weight is 242 g/mol. The van der Waals surface area contributed by atoms with Gasteiger partial charge in [0.15, 0.2) is 0 Å². The summed E-state index contributed by atoms with van der Waals surface area (Å²) in [5.74, 6) is 0.897. The Kier molecular flexibility index (Phi) is 5.19. The van der Waals surface area contributed by atoms with E-state index in [-0.39, 0.29) is 11.6 Å². The summed E-state index contributed by atoms with van der Waals surface area (Å²) in [7, 11) is 0. The van der Waals surface area contributed by atoms with Gasteiger partial charge in [0.2, 0.25) is 0 Å². The number of aromatic amines is 1. The SMILES string of the molecule is CCC(C)SCc1cc(=O)n(C(C)CC)[nH]1. The van der Waals surface area contributed by atoms with E-state index < -0.39 is 0 Å². The summed E-state index contributed by atoms with van der Waals surface area (Å²) in [5, 5.41) is 3.84. The number of nitrogens with zero attached hydrogens (tertiary/aromatic N) is 1. The molecule has 16 heavy (non-hydrogen) atoms. The lowest BCUT2D eigenvalue weighted by Gasteiger charge is -2.09. The third-order valence-corrected chi connectivity index (χ3v) is 4.31. The van der Waals surface area contributed by atoms with Crippen molar-refractivity contribution >= 4 is 11.8 Å². The number of aromatic nitrogens is 2. The molecule has 0 amide bonds. The van der Waals surface area contributed by atoms with Gasteiger partial charge in [-0.05, 0) is 19.8 Å². The summed E-state index contributed by atoms with van der Waals surface area (Å²) in [6.45, 7) is 8.55. The normalized spacial score (nSPS) is 15.0. The maximum Gasteiger partial charge on any atom is 0.266 e. The molecule has 2 atom stereocenters. The summed E-state index contributed by atoms with van der Waals surface area (Å²) in [6.07, 6.45) is 2.14. The smallest absolute Gasteiger partial charge is 0.266 e. The highest BCUT2D eigenvalue weighted by Crippen LogP contribution is 2.18. The Hall–Kier alpha value is -0.640. The Morgan fingerprint density at radius 3 is 2.62 bits per heavy atom. The van der Waals surface area contributed by atoms with Gasteiger partial charge in [0, 0.05) is 22.8 Å². The number of rotatable bonds is 6. The molecule has 1 N–H and O–H groups in total. The molecule has 1 heterocycles. The molecule has 0 spiro atoms. The van der Waals surface area contributed by atoms with Crippen LogP contribution in [0.5, 0.6) is 0 Å². The van der Waals surface area contributed by atoms with E-state index in [1.54, 1.807) is 10.7 Å². The minimum atomic E-state index is 0.0918. The van der Waals surface area contributed by atoms with Gasteiger partial charge in [0.25, 0.3) is 5.56 Å². The second-order valence-corrected chi connectivity index (χ2v) is 5.70. The summed E-state index contributed by atoms with van der Waals surface area (Å²) in [4.78, 5) is 11.7. The summed E-state index contributed by atoms with van der Waals surface area (Å²) < 4.78 is 1.73. The largest absolute Gasteiger partial charge is 0.299 e. The summed E-state index contributed by atoms with van der Waals surface area (Å²) >= 11 is 1.89. The Bertz CT molecular complexity index is 369. The highest BCUT2D eigenvalue weighted by molar-refractivity contribution is 7.99. The van der Waals surface area contributed by atoms with Gasteiger partial charge in [-0.1, -0.05) is 20.8 Å². The zero-order valence-electron chi connectivity index (χ0n) is 10.6. The molecule has 92 valence electrons. The highest BCUT2D eigenvalue weighted by atomic mass is 32.2. The number of hydrogen-bond donors (Lipinski definition) is 1. The van der Waals surface area contributed by atoms with E-state index in [9.17, 15) is 4.79 Å². The van der Waals surface area contributed by atoms with Crippen LogP contribution in [0, 0.1) is 0 Å². The average Bonchev–Trinajstić information content (AvgIpc) is 2.66. The molecule has 2 unspecified atom stereocenters. The van der Waals surface area contributed by atoms with Crippen LogP contribution in [0.1, 0.15) is 52.3 Å². The Balaban J connectivity index is 2.66. The maximum absolute atomic E-state index is 11.7. The van der Waals surface area contributed by atoms with Gasteiger partial charge in [0.05, 0.1) is 6.04 Å². The first-order chi connectivity index (χ1) is 7.58. The van der Waals surface area contributed by atoms with Crippen LogP contribution in [0.15, 0.2) is 10.9 Å². The molecule has 0 saturated heterocycles. The lowest BCUT2D eigenvalue weighted by Crippen LogP contribution is -2.19. The van der Waals surface area contributed by atoms with Gasteiger partial charge in [-0.15, -0.1) is 0 Å². The molecule has 1 aromatic rings. The highest BCUT2D eigenvalue weighted by Gasteiger charge is 2.09. The van der Waals surface area contributed by atoms with Crippen molar-refractivity contribution in [3.8, 4) is 0 Å². The second-order valence-electron chi connectivity index (χ2n) is 4.28. The molecule has 4 heteroatoms. The third kappa shape index (κ3) is 3.44. The summed E-state index contributed by atoms with van der Waals surface area (Å²) in [5.41, 5.74) is 1.13. The minimum Gasteiger partial charge on any atom is -0.299 e. The van der Waals surface area contributed by atoms with E-state index in [1.165, 1.54) is 6.42 Å². The van der Waals surface area contributed by atoms with Crippen molar-refractivity contribution in [3.63, 3.8) is 0 Å². The van der Waals surface area contributed by atoms with Crippen molar-refractivity contribution in [2.75, 3.05) is 0 Å². The molecule has 0 fully saturated rings. The molecule has 0 bridgehead atoms. The number of nitrogens with one attached hydrogen (secondary N) is 1. The van der Waals surface area contributed by atoms with Crippen LogP contribution in [-0.4, -0.2) is 15.0 Å². The van der Waals surface area contributed by atoms with Gasteiger partial charge in [-0.25, -0.2) is 0 Å². The molecular formula is C12H22N2OS. The van der Waals surface area contributed by atoms with Crippen LogP contribution in [0.25, 0.3) is 0 Å². The molecule has 0 radical (unpaired) electrons. The maximum atomic E-state index is 11.7. The van der Waals surface area contributed by atoms with E-state index in [4.69, 9.17) is 0 Å². The van der Waals surface area contributed by atoms with Crippen molar-refractivity contribution in [2.45, 2.75) is 57.6 Å². The quantitative estimate of drug-likeness (QED) is 0.832. The molecule has 0 aliphatic rings. The zero-order chi connectivity index (χ0) is 12.1. The fourth-order valence-corrected chi connectivity index (χ4v) is 2.24. The standard InChI is InChI=1S/C12H22N2OS/c1-5-9(3)14-12(15)7-11(13-14)8-16-10(4)6-2/h7,9-10,13H,5-6,8H2,1-4H3. The number of hydrogen-bond acceptors (Lipinski definition) is 2. The van der Waals surface area contributed by atoms with Crippen LogP contribution < -0.4 is 5.56 Å².